The molecule has 0 aromatic heterocycles. The zero-order valence-corrected chi connectivity index (χ0v) is 12.4. The third-order valence-electron chi connectivity index (χ3n) is 3.33. The molecule has 0 fully saturated rings. The van der Waals surface area contributed by atoms with Crippen LogP contribution < -0.4 is 10.2 Å². The van der Waals surface area contributed by atoms with Crippen molar-refractivity contribution in [1.29, 1.82) is 0 Å². The molecule has 2 nitrogen and oxygen atoms in total. The predicted molar refractivity (Wildman–Crippen MR) is 82.9 cm³/mol. The smallest absolute Gasteiger partial charge is 0.125 e. The van der Waals surface area contributed by atoms with E-state index in [1.165, 1.54) is 24.3 Å². The van der Waals surface area contributed by atoms with Crippen LogP contribution in [0.4, 0.5) is 20.2 Å². The topological polar surface area (TPSA) is 15.3 Å². The Hall–Kier alpha value is -1.94. The molecular weight excluding hydrogens is 270 g/mol. The van der Waals surface area contributed by atoms with Crippen LogP contribution in [0.2, 0.25) is 0 Å². The van der Waals surface area contributed by atoms with Crippen molar-refractivity contribution in [2.24, 2.45) is 0 Å². The van der Waals surface area contributed by atoms with E-state index in [0.29, 0.717) is 13.1 Å². The van der Waals surface area contributed by atoms with Crippen LogP contribution in [-0.4, -0.2) is 13.1 Å². The minimum absolute atomic E-state index is 0.262. The summed E-state index contributed by atoms with van der Waals surface area (Å²) in [5.41, 5.74) is 2.52. The number of nitrogens with one attached hydrogen (secondary N) is 1. The summed E-state index contributed by atoms with van der Waals surface area (Å²) in [5, 5.41) is 3.21. The fraction of sp³-hybridized carbons (Fsp3) is 0.294. The number of rotatable bonds is 6. The fourth-order valence-electron chi connectivity index (χ4n) is 2.35. The minimum atomic E-state index is -0.277. The molecular formula is C17H20F2N2. The molecule has 0 aliphatic heterocycles. The van der Waals surface area contributed by atoms with Crippen LogP contribution >= 0.6 is 0 Å². The number of anilines is 2. The Balaban J connectivity index is 2.41. The second-order valence-electron chi connectivity index (χ2n) is 4.78. The van der Waals surface area contributed by atoms with Crippen LogP contribution in [0, 0.1) is 11.6 Å². The van der Waals surface area contributed by atoms with E-state index in [1.807, 2.05) is 24.8 Å². The number of halogens is 2. The molecule has 112 valence electrons. The van der Waals surface area contributed by atoms with Crippen molar-refractivity contribution >= 4 is 11.4 Å². The molecule has 0 heterocycles. The summed E-state index contributed by atoms with van der Waals surface area (Å²) in [4.78, 5) is 1.98. The largest absolute Gasteiger partial charge is 0.341 e. The predicted octanol–water partition coefficient (Wildman–Crippen LogP) is 4.23. The standard InChI is InChI=1S/C17H20F2N2/c1-3-20-12-13-10-15(19)8-9-17(13)21(4-2)16-7-5-6-14(18)11-16/h5-11,20H,3-4,12H2,1-2H3. The molecule has 0 spiro atoms. The molecule has 0 bridgehead atoms. The van der Waals surface area contributed by atoms with E-state index in [-0.39, 0.29) is 11.6 Å². The number of hydrogen-bond acceptors (Lipinski definition) is 2. The Labute approximate surface area is 124 Å². The van der Waals surface area contributed by atoms with E-state index in [9.17, 15) is 8.78 Å². The molecule has 0 atom stereocenters. The Bertz CT molecular complexity index is 599. The van der Waals surface area contributed by atoms with Gasteiger partial charge in [0.25, 0.3) is 0 Å². The van der Waals surface area contributed by atoms with Crippen LogP contribution in [0.3, 0.4) is 0 Å². The Kier molecular flexibility index (Phi) is 5.28. The summed E-state index contributed by atoms with van der Waals surface area (Å²) in [6, 6.07) is 11.2. The van der Waals surface area contributed by atoms with Crippen molar-refractivity contribution < 1.29 is 8.78 Å². The van der Waals surface area contributed by atoms with Gasteiger partial charge in [-0.3, -0.25) is 0 Å². The second-order valence-corrected chi connectivity index (χ2v) is 4.78. The third kappa shape index (κ3) is 3.79. The summed E-state index contributed by atoms with van der Waals surface area (Å²) >= 11 is 0. The maximum Gasteiger partial charge on any atom is 0.125 e. The molecule has 0 radical (unpaired) electrons. The molecule has 2 aromatic carbocycles. The highest BCUT2D eigenvalue weighted by molar-refractivity contribution is 5.66. The number of benzene rings is 2. The third-order valence-corrected chi connectivity index (χ3v) is 3.33. The highest BCUT2D eigenvalue weighted by atomic mass is 19.1. The molecule has 1 N–H and O–H groups in total. The van der Waals surface area contributed by atoms with E-state index >= 15 is 0 Å². The van der Waals surface area contributed by atoms with Crippen molar-refractivity contribution in [3.63, 3.8) is 0 Å². The van der Waals surface area contributed by atoms with E-state index in [0.717, 1.165) is 23.5 Å². The van der Waals surface area contributed by atoms with Crippen molar-refractivity contribution in [3.05, 3.63) is 59.7 Å². The van der Waals surface area contributed by atoms with E-state index in [2.05, 4.69) is 5.32 Å². The molecule has 0 amide bonds. The Morgan fingerprint density at radius 1 is 1.00 bits per heavy atom. The number of nitrogens with zero attached hydrogens (tertiary/aromatic N) is 1. The monoisotopic (exact) mass is 290 g/mol. The Morgan fingerprint density at radius 2 is 1.76 bits per heavy atom. The van der Waals surface area contributed by atoms with Gasteiger partial charge in [-0.05, 0) is 55.4 Å². The average molecular weight is 290 g/mol. The SMILES string of the molecule is CCNCc1cc(F)ccc1N(CC)c1cccc(F)c1. The molecule has 2 rings (SSSR count). The van der Waals surface area contributed by atoms with Crippen LogP contribution in [0.15, 0.2) is 42.5 Å². The second kappa shape index (κ2) is 7.18. The summed E-state index contributed by atoms with van der Waals surface area (Å²) in [6.45, 7) is 6.06. The van der Waals surface area contributed by atoms with Crippen LogP contribution in [-0.2, 0) is 6.54 Å². The lowest BCUT2D eigenvalue weighted by Crippen LogP contribution is -2.20. The van der Waals surface area contributed by atoms with Gasteiger partial charge < -0.3 is 10.2 Å². The Morgan fingerprint density at radius 3 is 2.43 bits per heavy atom. The molecule has 0 unspecified atom stereocenters. The quantitative estimate of drug-likeness (QED) is 0.856. The lowest BCUT2D eigenvalue weighted by Gasteiger charge is -2.26. The summed E-state index contributed by atoms with van der Waals surface area (Å²) in [5.74, 6) is -0.539. The van der Waals surface area contributed by atoms with Crippen molar-refractivity contribution in [2.75, 3.05) is 18.0 Å². The molecule has 2 aromatic rings. The van der Waals surface area contributed by atoms with Gasteiger partial charge in [0.05, 0.1) is 0 Å². The highest BCUT2D eigenvalue weighted by Crippen LogP contribution is 2.29. The van der Waals surface area contributed by atoms with Crippen LogP contribution in [0.5, 0.6) is 0 Å². The zero-order valence-electron chi connectivity index (χ0n) is 12.4. The van der Waals surface area contributed by atoms with Gasteiger partial charge in [0.15, 0.2) is 0 Å². The van der Waals surface area contributed by atoms with E-state index in [1.54, 1.807) is 12.1 Å². The van der Waals surface area contributed by atoms with Crippen LogP contribution in [0.25, 0.3) is 0 Å². The minimum Gasteiger partial charge on any atom is -0.341 e. The average Bonchev–Trinajstić information content (AvgIpc) is 2.48. The fourth-order valence-corrected chi connectivity index (χ4v) is 2.35. The van der Waals surface area contributed by atoms with Gasteiger partial charge in [-0.15, -0.1) is 0 Å². The lowest BCUT2D eigenvalue weighted by molar-refractivity contribution is 0.621. The van der Waals surface area contributed by atoms with Crippen molar-refractivity contribution in [3.8, 4) is 0 Å². The first-order valence-electron chi connectivity index (χ1n) is 7.18. The van der Waals surface area contributed by atoms with Gasteiger partial charge in [0, 0.05) is 24.5 Å². The van der Waals surface area contributed by atoms with E-state index in [4.69, 9.17) is 0 Å². The van der Waals surface area contributed by atoms with Gasteiger partial charge in [-0.25, -0.2) is 8.78 Å². The normalized spacial score (nSPS) is 10.7. The zero-order chi connectivity index (χ0) is 15.2. The van der Waals surface area contributed by atoms with Crippen molar-refractivity contribution in [2.45, 2.75) is 20.4 Å². The first-order valence-corrected chi connectivity index (χ1v) is 7.18. The first-order chi connectivity index (χ1) is 10.2. The molecule has 21 heavy (non-hydrogen) atoms. The van der Waals surface area contributed by atoms with Gasteiger partial charge in [0.1, 0.15) is 11.6 Å². The summed E-state index contributed by atoms with van der Waals surface area (Å²) in [7, 11) is 0. The molecule has 0 aliphatic carbocycles. The molecule has 0 saturated carbocycles. The van der Waals surface area contributed by atoms with Crippen LogP contribution in [0.1, 0.15) is 19.4 Å². The summed E-state index contributed by atoms with van der Waals surface area (Å²) in [6.07, 6.45) is 0. The summed E-state index contributed by atoms with van der Waals surface area (Å²) < 4.78 is 26.9. The van der Waals surface area contributed by atoms with Gasteiger partial charge in [0.2, 0.25) is 0 Å². The molecule has 4 heteroatoms. The molecule has 0 saturated heterocycles. The van der Waals surface area contributed by atoms with Gasteiger partial charge in [-0.1, -0.05) is 13.0 Å². The lowest BCUT2D eigenvalue weighted by atomic mass is 10.1. The first kappa shape index (κ1) is 15.4. The molecule has 0 aliphatic rings. The maximum atomic E-state index is 13.5. The van der Waals surface area contributed by atoms with Crippen molar-refractivity contribution in [1.82, 2.24) is 5.32 Å². The van der Waals surface area contributed by atoms with Gasteiger partial charge >= 0.3 is 0 Å². The van der Waals surface area contributed by atoms with Gasteiger partial charge in [-0.2, -0.15) is 0 Å². The highest BCUT2D eigenvalue weighted by Gasteiger charge is 2.13. The maximum absolute atomic E-state index is 13.5. The number of hydrogen-bond donors (Lipinski definition) is 1. The van der Waals surface area contributed by atoms with E-state index < -0.39 is 0 Å².